The maximum atomic E-state index is 4.63. The number of hydrogen-bond acceptors (Lipinski definition) is 2. The average Bonchev–Trinajstić information content (AvgIpc) is 2.81. The number of aryl methyl sites for hydroxylation is 1. The summed E-state index contributed by atoms with van der Waals surface area (Å²) in [7, 11) is 2.34. The number of piperidine rings is 1. The zero-order chi connectivity index (χ0) is 16.7. The molecule has 2 nitrogen and oxygen atoms in total. The highest BCUT2D eigenvalue weighted by Gasteiger charge is 2.37. The topological polar surface area (TPSA) is 16.1 Å². The predicted octanol–water partition coefficient (Wildman–Crippen LogP) is 5.16. The van der Waals surface area contributed by atoms with Crippen LogP contribution >= 0.6 is 0 Å². The van der Waals surface area contributed by atoms with Crippen LogP contribution in [0.5, 0.6) is 0 Å². The number of fused-ring (bicyclic) bond motifs is 3. The molecule has 128 valence electrons. The number of hydrogen-bond donors (Lipinski definition) is 0. The Labute approximate surface area is 146 Å². The Morgan fingerprint density at radius 1 is 1.12 bits per heavy atom. The molecule has 4 rings (SSSR count). The van der Waals surface area contributed by atoms with Gasteiger partial charge in [0.1, 0.15) is 0 Å². The SMILES string of the molecule is CC(C)c1nccc2ccc(CCC3CC4CCC(C3)N4C)cc12. The van der Waals surface area contributed by atoms with Gasteiger partial charge in [-0.15, -0.1) is 0 Å². The van der Waals surface area contributed by atoms with E-state index in [4.69, 9.17) is 0 Å². The number of benzene rings is 1. The van der Waals surface area contributed by atoms with Crippen LogP contribution in [0.4, 0.5) is 0 Å². The monoisotopic (exact) mass is 322 g/mol. The fraction of sp³-hybridized carbons (Fsp3) is 0.591. The van der Waals surface area contributed by atoms with Gasteiger partial charge in [0.15, 0.2) is 0 Å². The van der Waals surface area contributed by atoms with E-state index in [-0.39, 0.29) is 0 Å². The van der Waals surface area contributed by atoms with Gasteiger partial charge in [-0.25, -0.2) is 0 Å². The minimum atomic E-state index is 0.480. The maximum absolute atomic E-state index is 4.63. The summed E-state index contributed by atoms with van der Waals surface area (Å²) in [5, 5.41) is 2.68. The summed E-state index contributed by atoms with van der Waals surface area (Å²) in [6.07, 6.45) is 10.2. The van der Waals surface area contributed by atoms with Crippen molar-refractivity contribution in [3.8, 4) is 0 Å². The highest BCUT2D eigenvalue weighted by Crippen LogP contribution is 2.39. The summed E-state index contributed by atoms with van der Waals surface area (Å²) in [6, 6.07) is 10.9. The number of pyridine rings is 1. The molecular formula is C22H30N2. The van der Waals surface area contributed by atoms with Crippen LogP contribution in [0.3, 0.4) is 0 Å². The quantitative estimate of drug-likeness (QED) is 0.772. The molecule has 1 aromatic heterocycles. The second-order valence-corrected chi connectivity index (χ2v) is 8.33. The summed E-state index contributed by atoms with van der Waals surface area (Å²) in [5.41, 5.74) is 2.73. The first-order valence-electron chi connectivity index (χ1n) is 9.71. The lowest BCUT2D eigenvalue weighted by Crippen LogP contribution is -2.39. The van der Waals surface area contributed by atoms with Crippen molar-refractivity contribution in [2.75, 3.05) is 7.05 Å². The van der Waals surface area contributed by atoms with E-state index >= 15 is 0 Å². The van der Waals surface area contributed by atoms with Crippen LogP contribution in [0.15, 0.2) is 30.5 Å². The highest BCUT2D eigenvalue weighted by atomic mass is 15.2. The van der Waals surface area contributed by atoms with E-state index in [2.05, 4.69) is 55.0 Å². The molecule has 2 bridgehead atoms. The van der Waals surface area contributed by atoms with Gasteiger partial charge in [0.2, 0.25) is 0 Å². The second kappa shape index (κ2) is 6.48. The third-order valence-electron chi connectivity index (χ3n) is 6.45. The molecule has 2 fully saturated rings. The van der Waals surface area contributed by atoms with E-state index in [1.807, 2.05) is 6.20 Å². The van der Waals surface area contributed by atoms with Crippen molar-refractivity contribution in [1.29, 1.82) is 0 Å². The van der Waals surface area contributed by atoms with E-state index in [0.29, 0.717) is 5.92 Å². The van der Waals surface area contributed by atoms with Crippen LogP contribution < -0.4 is 0 Å². The molecule has 0 amide bonds. The normalized spacial score (nSPS) is 27.2. The molecule has 1 aromatic carbocycles. The fourth-order valence-corrected chi connectivity index (χ4v) is 4.98. The first-order valence-corrected chi connectivity index (χ1v) is 9.71. The van der Waals surface area contributed by atoms with E-state index in [1.54, 1.807) is 0 Å². The molecule has 0 N–H and O–H groups in total. The van der Waals surface area contributed by atoms with Crippen LogP contribution in [0.1, 0.15) is 63.1 Å². The molecule has 3 heterocycles. The minimum Gasteiger partial charge on any atom is -0.300 e. The molecule has 2 aliphatic rings. The fourth-order valence-electron chi connectivity index (χ4n) is 4.98. The maximum Gasteiger partial charge on any atom is 0.0507 e. The molecule has 0 saturated carbocycles. The first-order chi connectivity index (χ1) is 11.6. The van der Waals surface area contributed by atoms with Crippen LogP contribution in [0, 0.1) is 5.92 Å². The Kier molecular flexibility index (Phi) is 4.34. The van der Waals surface area contributed by atoms with Crippen LogP contribution in [-0.4, -0.2) is 29.0 Å². The summed E-state index contributed by atoms with van der Waals surface area (Å²) < 4.78 is 0. The average molecular weight is 322 g/mol. The van der Waals surface area contributed by atoms with Crippen molar-refractivity contribution in [1.82, 2.24) is 9.88 Å². The second-order valence-electron chi connectivity index (χ2n) is 8.33. The van der Waals surface area contributed by atoms with Gasteiger partial charge < -0.3 is 4.90 Å². The lowest BCUT2D eigenvalue weighted by atomic mass is 9.86. The van der Waals surface area contributed by atoms with Gasteiger partial charge in [-0.05, 0) is 80.5 Å². The zero-order valence-electron chi connectivity index (χ0n) is 15.3. The van der Waals surface area contributed by atoms with E-state index in [9.17, 15) is 0 Å². The van der Waals surface area contributed by atoms with Crippen molar-refractivity contribution >= 4 is 10.8 Å². The number of aromatic nitrogens is 1. The summed E-state index contributed by atoms with van der Waals surface area (Å²) in [6.45, 7) is 4.48. The molecule has 0 spiro atoms. The van der Waals surface area contributed by atoms with E-state index < -0.39 is 0 Å². The Morgan fingerprint density at radius 3 is 2.58 bits per heavy atom. The van der Waals surface area contributed by atoms with E-state index in [0.717, 1.165) is 18.0 Å². The molecule has 2 aromatic rings. The molecule has 2 heteroatoms. The molecular weight excluding hydrogens is 292 g/mol. The third-order valence-corrected chi connectivity index (χ3v) is 6.45. The summed E-state index contributed by atoms with van der Waals surface area (Å²) in [4.78, 5) is 7.27. The Hall–Kier alpha value is -1.41. The Morgan fingerprint density at radius 2 is 1.88 bits per heavy atom. The molecule has 24 heavy (non-hydrogen) atoms. The zero-order valence-corrected chi connectivity index (χ0v) is 15.3. The van der Waals surface area contributed by atoms with Crippen LogP contribution in [-0.2, 0) is 6.42 Å². The smallest absolute Gasteiger partial charge is 0.0507 e. The van der Waals surface area contributed by atoms with E-state index in [1.165, 1.54) is 60.6 Å². The van der Waals surface area contributed by atoms with Gasteiger partial charge in [-0.1, -0.05) is 26.0 Å². The molecule has 2 atom stereocenters. The number of rotatable bonds is 4. The minimum absolute atomic E-state index is 0.480. The third kappa shape index (κ3) is 2.97. The molecule has 2 saturated heterocycles. The predicted molar refractivity (Wildman–Crippen MR) is 101 cm³/mol. The van der Waals surface area contributed by atoms with Crippen LogP contribution in [0.25, 0.3) is 10.8 Å². The number of nitrogens with zero attached hydrogens (tertiary/aromatic N) is 2. The molecule has 0 aliphatic carbocycles. The van der Waals surface area contributed by atoms with Gasteiger partial charge in [-0.3, -0.25) is 4.98 Å². The van der Waals surface area contributed by atoms with Crippen molar-refractivity contribution in [3.05, 3.63) is 41.7 Å². The van der Waals surface area contributed by atoms with Gasteiger partial charge >= 0.3 is 0 Å². The van der Waals surface area contributed by atoms with Gasteiger partial charge in [0.05, 0.1) is 5.69 Å². The summed E-state index contributed by atoms with van der Waals surface area (Å²) >= 11 is 0. The summed E-state index contributed by atoms with van der Waals surface area (Å²) in [5.74, 6) is 1.40. The van der Waals surface area contributed by atoms with Crippen molar-refractivity contribution < 1.29 is 0 Å². The van der Waals surface area contributed by atoms with Gasteiger partial charge in [0.25, 0.3) is 0 Å². The molecule has 2 unspecified atom stereocenters. The lowest BCUT2D eigenvalue weighted by Gasteiger charge is -2.36. The largest absolute Gasteiger partial charge is 0.300 e. The highest BCUT2D eigenvalue weighted by molar-refractivity contribution is 5.85. The van der Waals surface area contributed by atoms with Gasteiger partial charge in [0, 0.05) is 23.7 Å². The van der Waals surface area contributed by atoms with Crippen LogP contribution in [0.2, 0.25) is 0 Å². The van der Waals surface area contributed by atoms with Crippen molar-refractivity contribution in [3.63, 3.8) is 0 Å². The Bertz CT molecular complexity index is 707. The first kappa shape index (κ1) is 16.1. The Balaban J connectivity index is 1.48. The lowest BCUT2D eigenvalue weighted by molar-refractivity contribution is 0.130. The standard InChI is InChI=1S/C22H30N2/c1-15(2)22-21-14-16(6-7-18(21)10-11-23-22)4-5-17-12-19-8-9-20(13-17)24(19)3/h6-7,10-11,14-15,17,19-20H,4-5,8-9,12-13H2,1-3H3. The molecule has 0 radical (unpaired) electrons. The van der Waals surface area contributed by atoms with Gasteiger partial charge in [-0.2, -0.15) is 0 Å². The molecule has 2 aliphatic heterocycles. The van der Waals surface area contributed by atoms with Crippen molar-refractivity contribution in [2.45, 2.75) is 70.4 Å². The van der Waals surface area contributed by atoms with Crippen molar-refractivity contribution in [2.24, 2.45) is 5.92 Å².